The zero-order valence-electron chi connectivity index (χ0n) is 10.7. The second kappa shape index (κ2) is 8.37. The molecule has 1 aliphatic heterocycles. The second-order valence-electron chi connectivity index (χ2n) is 4.41. The van der Waals surface area contributed by atoms with Crippen LogP contribution in [0.1, 0.15) is 22.6 Å². The lowest BCUT2D eigenvalue weighted by Crippen LogP contribution is -2.45. The molecule has 4 N–H and O–H groups in total. The lowest BCUT2D eigenvalue weighted by Gasteiger charge is -2.28. The van der Waals surface area contributed by atoms with Crippen molar-refractivity contribution >= 4 is 30.7 Å². The molecule has 0 unspecified atom stereocenters. The van der Waals surface area contributed by atoms with Crippen LogP contribution in [0.25, 0.3) is 0 Å². The quantitative estimate of drug-likeness (QED) is 0.645. The van der Waals surface area contributed by atoms with Gasteiger partial charge in [0.1, 0.15) is 5.69 Å². The van der Waals surface area contributed by atoms with Crippen molar-refractivity contribution in [1.29, 1.82) is 0 Å². The van der Waals surface area contributed by atoms with E-state index in [0.29, 0.717) is 18.8 Å². The number of nitrogens with zero attached hydrogens (tertiary/aromatic N) is 1. The normalized spacial score (nSPS) is 22.0. The number of aliphatic hydroxyl groups excluding tert-OH is 1. The highest BCUT2D eigenvalue weighted by Crippen LogP contribution is 2.11. The maximum Gasteiger partial charge on any atom is 0.271 e. The van der Waals surface area contributed by atoms with Gasteiger partial charge in [-0.2, -0.15) is 0 Å². The fourth-order valence-corrected chi connectivity index (χ4v) is 2.03. The predicted octanol–water partition coefficient (Wildman–Crippen LogP) is 0.262. The van der Waals surface area contributed by atoms with Gasteiger partial charge in [0.15, 0.2) is 0 Å². The van der Waals surface area contributed by atoms with Crippen LogP contribution < -0.4 is 10.6 Å². The van der Waals surface area contributed by atoms with E-state index in [2.05, 4.69) is 20.6 Å². The van der Waals surface area contributed by atoms with Gasteiger partial charge in [-0.05, 0) is 19.9 Å². The summed E-state index contributed by atoms with van der Waals surface area (Å²) in [5, 5.41) is 15.7. The number of aromatic nitrogens is 2. The first-order valence-electron chi connectivity index (χ1n) is 5.85. The van der Waals surface area contributed by atoms with Crippen molar-refractivity contribution in [1.82, 2.24) is 20.6 Å². The minimum absolute atomic E-state index is 0. The maximum atomic E-state index is 11.8. The number of hydrogen-bond donors (Lipinski definition) is 4. The summed E-state index contributed by atoms with van der Waals surface area (Å²) in [7, 11) is 0. The van der Waals surface area contributed by atoms with E-state index in [1.54, 1.807) is 6.92 Å². The van der Waals surface area contributed by atoms with Crippen LogP contribution >= 0.6 is 24.8 Å². The minimum Gasteiger partial charge on any atom is -0.391 e. The fraction of sp³-hybridized carbons (Fsp3) is 0.636. The van der Waals surface area contributed by atoms with Crippen LogP contribution in [0.15, 0.2) is 6.33 Å². The smallest absolute Gasteiger partial charge is 0.271 e. The van der Waals surface area contributed by atoms with Crippen molar-refractivity contribution in [2.75, 3.05) is 19.6 Å². The summed E-state index contributed by atoms with van der Waals surface area (Å²) in [6.07, 6.45) is 1.99. The SMILES string of the molecule is Cc1[nH]cnc1C(=O)NC[C@@H]1CCNC[C@H]1O.Cl.Cl. The number of aromatic amines is 1. The molecule has 1 fully saturated rings. The van der Waals surface area contributed by atoms with E-state index in [1.807, 2.05) is 0 Å². The Morgan fingerprint density at radius 1 is 1.58 bits per heavy atom. The van der Waals surface area contributed by atoms with Gasteiger partial charge in [0.25, 0.3) is 5.91 Å². The molecular formula is C11H20Cl2N4O2. The molecule has 2 heterocycles. The van der Waals surface area contributed by atoms with Gasteiger partial charge in [0.2, 0.25) is 0 Å². The highest BCUT2D eigenvalue weighted by molar-refractivity contribution is 5.93. The molecule has 0 aromatic carbocycles. The van der Waals surface area contributed by atoms with Gasteiger partial charge in [0, 0.05) is 24.7 Å². The Kier molecular flexibility index (Phi) is 8.01. The van der Waals surface area contributed by atoms with Crippen LogP contribution in [0.5, 0.6) is 0 Å². The van der Waals surface area contributed by atoms with Crippen molar-refractivity contribution in [3.8, 4) is 0 Å². The number of imidazole rings is 1. The van der Waals surface area contributed by atoms with Crippen molar-refractivity contribution < 1.29 is 9.90 Å². The molecule has 1 amide bonds. The number of hydrogen-bond acceptors (Lipinski definition) is 4. The molecule has 2 atom stereocenters. The average molecular weight is 311 g/mol. The Hall–Kier alpha value is -0.820. The largest absolute Gasteiger partial charge is 0.391 e. The van der Waals surface area contributed by atoms with Crippen molar-refractivity contribution in [2.45, 2.75) is 19.4 Å². The Labute approximate surface area is 124 Å². The average Bonchev–Trinajstić information content (AvgIpc) is 2.74. The first-order chi connectivity index (χ1) is 8.18. The number of carbonyl (C=O) groups excluding carboxylic acids is 1. The van der Waals surface area contributed by atoms with Gasteiger partial charge in [-0.3, -0.25) is 4.79 Å². The van der Waals surface area contributed by atoms with Gasteiger partial charge >= 0.3 is 0 Å². The monoisotopic (exact) mass is 310 g/mol. The Morgan fingerprint density at radius 2 is 2.32 bits per heavy atom. The second-order valence-corrected chi connectivity index (χ2v) is 4.41. The molecular weight excluding hydrogens is 291 g/mol. The van der Waals surface area contributed by atoms with Gasteiger partial charge in [-0.1, -0.05) is 0 Å². The molecule has 6 nitrogen and oxygen atoms in total. The van der Waals surface area contributed by atoms with E-state index in [1.165, 1.54) is 6.33 Å². The van der Waals surface area contributed by atoms with E-state index in [0.717, 1.165) is 18.7 Å². The van der Waals surface area contributed by atoms with Gasteiger partial charge in [0.05, 0.1) is 12.4 Å². The molecule has 8 heteroatoms. The first-order valence-corrected chi connectivity index (χ1v) is 5.85. The third-order valence-corrected chi connectivity index (χ3v) is 3.16. The zero-order valence-corrected chi connectivity index (χ0v) is 12.3. The van der Waals surface area contributed by atoms with Crippen molar-refractivity contribution in [3.05, 3.63) is 17.7 Å². The lowest BCUT2D eigenvalue weighted by atomic mass is 9.95. The third-order valence-electron chi connectivity index (χ3n) is 3.16. The number of halogens is 2. The summed E-state index contributed by atoms with van der Waals surface area (Å²) < 4.78 is 0. The van der Waals surface area contributed by atoms with Crippen LogP contribution in [-0.2, 0) is 0 Å². The molecule has 110 valence electrons. The molecule has 0 spiro atoms. The van der Waals surface area contributed by atoms with Crippen LogP contribution in [0.2, 0.25) is 0 Å². The number of aryl methyl sites for hydroxylation is 1. The van der Waals surface area contributed by atoms with Gasteiger partial charge in [-0.25, -0.2) is 4.98 Å². The highest BCUT2D eigenvalue weighted by Gasteiger charge is 2.23. The van der Waals surface area contributed by atoms with E-state index in [4.69, 9.17) is 0 Å². The number of aliphatic hydroxyl groups is 1. The number of piperidine rings is 1. The fourth-order valence-electron chi connectivity index (χ4n) is 2.03. The van der Waals surface area contributed by atoms with Crippen LogP contribution in [0, 0.1) is 12.8 Å². The Morgan fingerprint density at radius 3 is 2.89 bits per heavy atom. The topological polar surface area (TPSA) is 90.0 Å². The summed E-state index contributed by atoms with van der Waals surface area (Å²) in [6.45, 7) is 3.79. The number of H-pyrrole nitrogens is 1. The van der Waals surface area contributed by atoms with E-state index < -0.39 is 0 Å². The summed E-state index contributed by atoms with van der Waals surface area (Å²) in [5.41, 5.74) is 1.18. The predicted molar refractivity (Wildman–Crippen MR) is 77.1 cm³/mol. The van der Waals surface area contributed by atoms with Gasteiger partial charge < -0.3 is 20.7 Å². The number of nitrogens with one attached hydrogen (secondary N) is 3. The highest BCUT2D eigenvalue weighted by atomic mass is 35.5. The summed E-state index contributed by atoms with van der Waals surface area (Å²) in [6, 6.07) is 0. The van der Waals surface area contributed by atoms with Crippen LogP contribution in [-0.4, -0.2) is 46.7 Å². The molecule has 0 radical (unpaired) electrons. The molecule has 1 saturated heterocycles. The molecule has 1 aliphatic rings. The number of amides is 1. The third kappa shape index (κ3) is 4.65. The molecule has 1 aromatic heterocycles. The maximum absolute atomic E-state index is 11.8. The number of rotatable bonds is 3. The van der Waals surface area contributed by atoms with Crippen molar-refractivity contribution in [3.63, 3.8) is 0 Å². The molecule has 0 bridgehead atoms. The summed E-state index contributed by atoms with van der Waals surface area (Å²) in [4.78, 5) is 18.6. The standard InChI is InChI=1S/C11H18N4O2.2ClH/c1-7-10(15-6-14-7)11(17)13-4-8-2-3-12-5-9(8)16;;/h6,8-9,12,16H,2-5H2,1H3,(H,13,17)(H,14,15);2*1H/t8-,9+;;/m0../s1. The molecule has 0 saturated carbocycles. The van der Waals surface area contributed by atoms with E-state index in [-0.39, 0.29) is 42.7 Å². The molecule has 1 aromatic rings. The Balaban J connectivity index is 0.00000162. The zero-order chi connectivity index (χ0) is 12.3. The summed E-state index contributed by atoms with van der Waals surface area (Å²) in [5.74, 6) is -0.0612. The van der Waals surface area contributed by atoms with E-state index >= 15 is 0 Å². The first kappa shape index (κ1) is 18.2. The lowest BCUT2D eigenvalue weighted by molar-refractivity contribution is 0.0751. The van der Waals surface area contributed by atoms with Crippen LogP contribution in [0.4, 0.5) is 0 Å². The molecule has 0 aliphatic carbocycles. The van der Waals surface area contributed by atoms with E-state index in [9.17, 15) is 9.90 Å². The van der Waals surface area contributed by atoms with Crippen molar-refractivity contribution in [2.24, 2.45) is 5.92 Å². The Bertz CT molecular complexity index is 400. The van der Waals surface area contributed by atoms with Crippen LogP contribution in [0.3, 0.4) is 0 Å². The summed E-state index contributed by atoms with van der Waals surface area (Å²) >= 11 is 0. The minimum atomic E-state index is -0.385. The van der Waals surface area contributed by atoms with Gasteiger partial charge in [-0.15, -0.1) is 24.8 Å². The number of carbonyl (C=O) groups is 1. The molecule has 2 rings (SSSR count). The number of β-amino-alcohol motifs (C(OH)–C–C–N with tert-alkyl or cyclic N) is 1. The molecule has 19 heavy (non-hydrogen) atoms.